The van der Waals surface area contributed by atoms with Crippen molar-refractivity contribution in [3.05, 3.63) is 41.1 Å². The quantitative estimate of drug-likeness (QED) is 0.361. The third kappa shape index (κ3) is 6.09. The molecule has 0 fully saturated rings. The van der Waals surface area contributed by atoms with Gasteiger partial charge in [0, 0.05) is 31.6 Å². The fraction of sp³-hybridized carbons (Fsp3) is 0.455. The Morgan fingerprint density at radius 1 is 1.35 bits per heavy atom. The number of methoxy groups -OCH3 is 1. The summed E-state index contributed by atoms with van der Waals surface area (Å²) in [4.78, 5) is 43.4. The second kappa shape index (κ2) is 11.2. The third-order valence-electron chi connectivity index (χ3n) is 5.17. The molecule has 2 heterocycles. The fourth-order valence-electron chi connectivity index (χ4n) is 3.42. The van der Waals surface area contributed by atoms with Crippen molar-refractivity contribution in [2.24, 2.45) is 16.6 Å². The van der Waals surface area contributed by atoms with Gasteiger partial charge in [0.2, 0.25) is 5.66 Å². The molecule has 12 heteroatoms. The van der Waals surface area contributed by atoms with E-state index in [0.717, 1.165) is 11.9 Å². The topological polar surface area (TPSA) is 133 Å². The van der Waals surface area contributed by atoms with Crippen molar-refractivity contribution < 1.29 is 28.6 Å². The minimum atomic E-state index is -1.44. The van der Waals surface area contributed by atoms with Gasteiger partial charge >= 0.3 is 5.97 Å². The lowest BCUT2D eigenvalue weighted by molar-refractivity contribution is -0.146. The number of para-hydroxylation sites is 1. The SMILES string of the molecule is COCCC1(C(N)=O)N=C(OC(=O)C(CC(C)C)N2CC(Oc3ccccc3Cl)=CC2=O)SN1. The van der Waals surface area contributed by atoms with Crippen LogP contribution in [0.5, 0.6) is 5.75 Å². The van der Waals surface area contributed by atoms with Crippen LogP contribution in [-0.4, -0.2) is 59.9 Å². The van der Waals surface area contributed by atoms with Crippen LogP contribution in [0.3, 0.4) is 0 Å². The lowest BCUT2D eigenvalue weighted by atomic mass is 10.0. The maximum absolute atomic E-state index is 13.1. The molecular formula is C22H27ClN4O6S. The van der Waals surface area contributed by atoms with E-state index in [4.69, 9.17) is 31.5 Å². The van der Waals surface area contributed by atoms with Crippen molar-refractivity contribution in [1.82, 2.24) is 9.62 Å². The molecule has 2 amide bonds. The van der Waals surface area contributed by atoms with Crippen LogP contribution in [-0.2, 0) is 23.9 Å². The highest BCUT2D eigenvalue weighted by Crippen LogP contribution is 2.29. The number of halogens is 1. The van der Waals surface area contributed by atoms with Crippen LogP contribution in [0.25, 0.3) is 0 Å². The zero-order valence-corrected chi connectivity index (χ0v) is 20.6. The molecule has 2 unspecified atom stereocenters. The molecule has 2 aliphatic heterocycles. The maximum Gasteiger partial charge on any atom is 0.336 e. The zero-order valence-electron chi connectivity index (χ0n) is 19.1. The minimum absolute atomic E-state index is 0.0548. The van der Waals surface area contributed by atoms with E-state index in [9.17, 15) is 14.4 Å². The number of amides is 2. The minimum Gasteiger partial charge on any atom is -0.458 e. The Kier molecular flexibility index (Phi) is 8.58. The molecule has 10 nitrogen and oxygen atoms in total. The van der Waals surface area contributed by atoms with Crippen LogP contribution >= 0.6 is 23.5 Å². The van der Waals surface area contributed by atoms with Gasteiger partial charge in [-0.15, -0.1) is 0 Å². The Bertz CT molecular complexity index is 1020. The van der Waals surface area contributed by atoms with Crippen molar-refractivity contribution in [3.8, 4) is 5.75 Å². The highest BCUT2D eigenvalue weighted by atomic mass is 35.5. The van der Waals surface area contributed by atoms with Gasteiger partial charge in [0.1, 0.15) is 17.6 Å². The highest BCUT2D eigenvalue weighted by Gasteiger charge is 2.43. The van der Waals surface area contributed by atoms with Gasteiger partial charge in [0.25, 0.3) is 17.0 Å². The molecule has 0 aliphatic carbocycles. The Labute approximate surface area is 207 Å². The van der Waals surface area contributed by atoms with Gasteiger partial charge in [0.05, 0.1) is 18.2 Å². The first-order valence-corrected chi connectivity index (χ1v) is 11.8. The first-order chi connectivity index (χ1) is 16.1. The Morgan fingerprint density at radius 2 is 2.09 bits per heavy atom. The van der Waals surface area contributed by atoms with E-state index in [2.05, 4.69) is 9.71 Å². The van der Waals surface area contributed by atoms with Crippen molar-refractivity contribution in [2.45, 2.75) is 38.4 Å². The summed E-state index contributed by atoms with van der Waals surface area (Å²) in [5.41, 5.74) is 4.06. The van der Waals surface area contributed by atoms with E-state index >= 15 is 0 Å². The van der Waals surface area contributed by atoms with Crippen molar-refractivity contribution in [2.75, 3.05) is 20.3 Å². The molecule has 3 N–H and O–H groups in total. The molecule has 0 saturated carbocycles. The number of primary amides is 1. The number of carbonyl (C=O) groups is 3. The number of carbonyl (C=O) groups excluding carboxylic acids is 3. The molecule has 0 aromatic heterocycles. The van der Waals surface area contributed by atoms with Gasteiger partial charge in [-0.25, -0.2) is 14.5 Å². The van der Waals surface area contributed by atoms with Gasteiger partial charge < -0.3 is 24.8 Å². The van der Waals surface area contributed by atoms with E-state index in [-0.39, 0.29) is 36.6 Å². The molecule has 34 heavy (non-hydrogen) atoms. The first kappa shape index (κ1) is 26.0. The van der Waals surface area contributed by atoms with Gasteiger partial charge in [-0.3, -0.25) is 9.59 Å². The summed E-state index contributed by atoms with van der Waals surface area (Å²) in [7, 11) is 1.49. The number of aliphatic imine (C=N–C) groups is 1. The molecule has 3 rings (SSSR count). The van der Waals surface area contributed by atoms with Crippen molar-refractivity contribution in [1.29, 1.82) is 0 Å². The summed E-state index contributed by atoms with van der Waals surface area (Å²) in [5, 5.41) is 0.350. The molecule has 1 aromatic carbocycles. The summed E-state index contributed by atoms with van der Waals surface area (Å²) in [6.45, 7) is 4.16. The van der Waals surface area contributed by atoms with Crippen LogP contribution in [0.1, 0.15) is 26.7 Å². The Morgan fingerprint density at radius 3 is 2.74 bits per heavy atom. The number of nitrogens with zero attached hydrogens (tertiary/aromatic N) is 2. The first-order valence-electron chi connectivity index (χ1n) is 10.6. The van der Waals surface area contributed by atoms with Crippen LogP contribution < -0.4 is 15.2 Å². The largest absolute Gasteiger partial charge is 0.458 e. The number of ether oxygens (including phenoxy) is 3. The second-order valence-electron chi connectivity index (χ2n) is 8.22. The lowest BCUT2D eigenvalue weighted by Gasteiger charge is -2.27. The van der Waals surface area contributed by atoms with Crippen LogP contribution in [0.2, 0.25) is 5.02 Å². The van der Waals surface area contributed by atoms with Crippen LogP contribution in [0, 0.1) is 5.92 Å². The number of nitrogens with one attached hydrogen (secondary N) is 1. The van der Waals surface area contributed by atoms with E-state index < -0.39 is 23.6 Å². The standard InChI is InChI=1S/C22H27ClN4O6S/c1-13(2)10-16(19(29)33-21-25-22(20(24)30,26-34-21)8-9-31-3)27-12-14(11-18(27)28)32-17-7-5-4-6-15(17)23/h4-7,11,13,16,26H,8-10,12H2,1-3H3,(H2,24,30). The molecule has 184 valence electrons. The zero-order chi connectivity index (χ0) is 24.9. The predicted molar refractivity (Wildman–Crippen MR) is 128 cm³/mol. The fourth-order valence-corrected chi connectivity index (χ4v) is 4.42. The van der Waals surface area contributed by atoms with Crippen molar-refractivity contribution >= 4 is 46.6 Å². The van der Waals surface area contributed by atoms with E-state index in [0.29, 0.717) is 23.0 Å². The molecule has 2 atom stereocenters. The molecule has 1 aromatic rings. The van der Waals surface area contributed by atoms with E-state index in [1.165, 1.54) is 18.1 Å². The number of nitrogens with two attached hydrogens (primary N) is 1. The molecule has 0 spiro atoms. The Hall–Kier alpha value is -2.60. The molecule has 0 radical (unpaired) electrons. The van der Waals surface area contributed by atoms with E-state index in [1.54, 1.807) is 24.3 Å². The molecule has 0 saturated heterocycles. The average molecular weight is 511 g/mol. The summed E-state index contributed by atoms with van der Waals surface area (Å²) >= 11 is 7.03. The molecule has 0 bridgehead atoms. The van der Waals surface area contributed by atoms with Gasteiger partial charge in [-0.1, -0.05) is 37.6 Å². The van der Waals surface area contributed by atoms with E-state index in [1.807, 2.05) is 13.8 Å². The number of hydrogen-bond acceptors (Lipinski definition) is 9. The smallest absolute Gasteiger partial charge is 0.336 e. The number of rotatable bonds is 10. The normalized spacial score (nSPS) is 20.9. The summed E-state index contributed by atoms with van der Waals surface area (Å²) in [5.74, 6) is -0.913. The summed E-state index contributed by atoms with van der Waals surface area (Å²) < 4.78 is 19.1. The highest BCUT2D eigenvalue weighted by molar-refractivity contribution is 8.12. The number of benzene rings is 1. The number of esters is 1. The van der Waals surface area contributed by atoms with Crippen LogP contribution in [0.4, 0.5) is 0 Å². The van der Waals surface area contributed by atoms with Gasteiger partial charge in [-0.05, 0) is 24.5 Å². The van der Waals surface area contributed by atoms with Crippen molar-refractivity contribution in [3.63, 3.8) is 0 Å². The Balaban J connectivity index is 1.73. The summed E-state index contributed by atoms with van der Waals surface area (Å²) in [6, 6.07) is 6.01. The van der Waals surface area contributed by atoms with Gasteiger partial charge in [0.15, 0.2) is 0 Å². The predicted octanol–water partition coefficient (Wildman–Crippen LogP) is 2.23. The average Bonchev–Trinajstić information content (AvgIpc) is 3.36. The second-order valence-corrected chi connectivity index (χ2v) is 9.39. The summed E-state index contributed by atoms with van der Waals surface area (Å²) in [6.07, 6.45) is 1.85. The molecular weight excluding hydrogens is 484 g/mol. The molecule has 2 aliphatic rings. The number of hydrogen-bond donors (Lipinski definition) is 2. The lowest BCUT2D eigenvalue weighted by Crippen LogP contribution is -2.49. The monoisotopic (exact) mass is 510 g/mol. The van der Waals surface area contributed by atoms with Gasteiger partial charge in [-0.2, -0.15) is 0 Å². The van der Waals surface area contributed by atoms with Crippen LogP contribution in [0.15, 0.2) is 41.1 Å². The maximum atomic E-state index is 13.1. The third-order valence-corrected chi connectivity index (χ3v) is 6.27.